The van der Waals surface area contributed by atoms with Crippen molar-refractivity contribution < 1.29 is 4.74 Å². The molecule has 4 heteroatoms. The molecule has 0 rings (SSSR count). The van der Waals surface area contributed by atoms with E-state index in [1.54, 1.807) is 0 Å². The van der Waals surface area contributed by atoms with E-state index in [2.05, 4.69) is 6.92 Å². The van der Waals surface area contributed by atoms with Gasteiger partial charge < -0.3 is 10.5 Å². The maximum atomic E-state index is 5.14. The minimum absolute atomic E-state index is 0. The number of hydrogen-bond donors (Lipinski definition) is 1. The highest BCUT2D eigenvalue weighted by Gasteiger charge is 1.77. The van der Waals surface area contributed by atoms with Crippen molar-refractivity contribution in [3.8, 4) is 0 Å². The van der Waals surface area contributed by atoms with E-state index in [9.17, 15) is 0 Å². The molecule has 0 fully saturated rings. The molecule has 0 atom stereocenters. The summed E-state index contributed by atoms with van der Waals surface area (Å²) in [4.78, 5) is 0. The second-order valence-corrected chi connectivity index (χ2v) is 1.40. The van der Waals surface area contributed by atoms with Gasteiger partial charge in [-0.15, -0.1) is 24.8 Å². The van der Waals surface area contributed by atoms with Gasteiger partial charge in [0.15, 0.2) is 0 Å². The Balaban J connectivity index is -0.000000180. The number of ether oxygens (including phenoxy) is 1. The molecular formula is C5H15Cl2NO. The molecule has 0 aromatic heterocycles. The third-order valence-electron chi connectivity index (χ3n) is 0.611. The summed E-state index contributed by atoms with van der Waals surface area (Å²) in [6, 6.07) is 0. The van der Waals surface area contributed by atoms with Gasteiger partial charge in [0.2, 0.25) is 0 Å². The summed E-state index contributed by atoms with van der Waals surface area (Å²) in [6.07, 6.45) is 1.08. The molecule has 0 saturated carbocycles. The first-order chi connectivity index (χ1) is 3.41. The third kappa shape index (κ3) is 17.7. The van der Waals surface area contributed by atoms with Gasteiger partial charge in [0.25, 0.3) is 0 Å². The fourth-order valence-electron chi connectivity index (χ4n) is 0.330. The molecule has 0 aromatic rings. The molecule has 0 bridgehead atoms. The molecule has 0 aliphatic rings. The van der Waals surface area contributed by atoms with E-state index in [4.69, 9.17) is 10.5 Å². The van der Waals surface area contributed by atoms with Crippen molar-refractivity contribution in [3.63, 3.8) is 0 Å². The van der Waals surface area contributed by atoms with Gasteiger partial charge in [-0.3, -0.25) is 0 Å². The summed E-state index contributed by atoms with van der Waals surface area (Å²) in [5, 5.41) is 0. The van der Waals surface area contributed by atoms with Crippen LogP contribution in [0.2, 0.25) is 0 Å². The summed E-state index contributed by atoms with van der Waals surface area (Å²) in [5.74, 6) is 0. The summed E-state index contributed by atoms with van der Waals surface area (Å²) in [7, 11) is 0. The molecule has 2 nitrogen and oxygen atoms in total. The van der Waals surface area contributed by atoms with Gasteiger partial charge >= 0.3 is 0 Å². The highest BCUT2D eigenvalue weighted by molar-refractivity contribution is 5.85. The molecule has 0 aromatic carbocycles. The lowest BCUT2D eigenvalue weighted by atomic mass is 10.5. The Morgan fingerprint density at radius 2 is 1.78 bits per heavy atom. The maximum absolute atomic E-state index is 5.14. The second-order valence-electron chi connectivity index (χ2n) is 1.40. The molecule has 2 N–H and O–H groups in total. The van der Waals surface area contributed by atoms with Crippen molar-refractivity contribution >= 4 is 24.8 Å². The summed E-state index contributed by atoms with van der Waals surface area (Å²) in [5.41, 5.74) is 5.14. The van der Waals surface area contributed by atoms with Crippen LogP contribution < -0.4 is 5.73 Å². The predicted molar refractivity (Wildman–Crippen MR) is 44.7 cm³/mol. The standard InChI is InChI=1S/C5H13NO.2ClH/c1-2-4-7-5-3-6;;/h2-6H2,1H3;2*1H. The van der Waals surface area contributed by atoms with Gasteiger partial charge in [-0.05, 0) is 6.42 Å². The molecule has 0 radical (unpaired) electrons. The van der Waals surface area contributed by atoms with E-state index in [0.29, 0.717) is 13.2 Å². The SMILES string of the molecule is CCCOCCN.Cl.Cl. The van der Waals surface area contributed by atoms with E-state index in [-0.39, 0.29) is 24.8 Å². The lowest BCUT2D eigenvalue weighted by Gasteiger charge is -1.95. The van der Waals surface area contributed by atoms with Crippen LogP contribution in [-0.4, -0.2) is 19.8 Å². The van der Waals surface area contributed by atoms with Crippen LogP contribution in [0.3, 0.4) is 0 Å². The Morgan fingerprint density at radius 3 is 2.11 bits per heavy atom. The van der Waals surface area contributed by atoms with Crippen molar-refractivity contribution in [1.29, 1.82) is 0 Å². The number of hydrogen-bond acceptors (Lipinski definition) is 2. The van der Waals surface area contributed by atoms with E-state index in [1.807, 2.05) is 0 Å². The Bertz CT molecular complexity index is 34.1. The Kier molecular flexibility index (Phi) is 28.5. The maximum Gasteiger partial charge on any atom is 0.0588 e. The Hall–Kier alpha value is 0.500. The van der Waals surface area contributed by atoms with Crippen molar-refractivity contribution in [2.24, 2.45) is 5.73 Å². The Morgan fingerprint density at radius 1 is 1.22 bits per heavy atom. The predicted octanol–water partition coefficient (Wildman–Crippen LogP) is 1.22. The normalized spacial score (nSPS) is 7.33. The first-order valence-electron chi connectivity index (χ1n) is 2.69. The second kappa shape index (κ2) is 15.8. The minimum Gasteiger partial charge on any atom is -0.380 e. The largest absolute Gasteiger partial charge is 0.380 e. The highest BCUT2D eigenvalue weighted by Crippen LogP contribution is 1.75. The van der Waals surface area contributed by atoms with Gasteiger partial charge in [-0.25, -0.2) is 0 Å². The molecule has 0 amide bonds. The number of rotatable bonds is 4. The smallest absolute Gasteiger partial charge is 0.0588 e. The van der Waals surface area contributed by atoms with Gasteiger partial charge in [0, 0.05) is 13.2 Å². The highest BCUT2D eigenvalue weighted by atomic mass is 35.5. The first kappa shape index (κ1) is 16.2. The zero-order valence-corrected chi connectivity index (χ0v) is 7.26. The summed E-state index contributed by atoms with van der Waals surface area (Å²) >= 11 is 0. The number of nitrogens with two attached hydrogens (primary N) is 1. The van der Waals surface area contributed by atoms with Crippen LogP contribution in [0, 0.1) is 0 Å². The van der Waals surface area contributed by atoms with Crippen LogP contribution in [0.25, 0.3) is 0 Å². The fraction of sp³-hybridized carbons (Fsp3) is 1.00. The monoisotopic (exact) mass is 175 g/mol. The van der Waals surface area contributed by atoms with Crippen LogP contribution in [-0.2, 0) is 4.74 Å². The van der Waals surface area contributed by atoms with Crippen LogP contribution in [0.4, 0.5) is 0 Å². The summed E-state index contributed by atoms with van der Waals surface area (Å²) < 4.78 is 5.01. The van der Waals surface area contributed by atoms with E-state index in [1.165, 1.54) is 0 Å². The summed E-state index contributed by atoms with van der Waals surface area (Å²) in [6.45, 7) is 4.27. The molecule has 60 valence electrons. The van der Waals surface area contributed by atoms with Crippen molar-refractivity contribution in [1.82, 2.24) is 0 Å². The average Bonchev–Trinajstić information content (AvgIpc) is 1.69. The van der Waals surface area contributed by atoms with Crippen LogP contribution in [0.15, 0.2) is 0 Å². The average molecular weight is 176 g/mol. The third-order valence-corrected chi connectivity index (χ3v) is 0.611. The zero-order chi connectivity index (χ0) is 5.54. The van der Waals surface area contributed by atoms with Crippen LogP contribution in [0.5, 0.6) is 0 Å². The van der Waals surface area contributed by atoms with Crippen LogP contribution >= 0.6 is 24.8 Å². The van der Waals surface area contributed by atoms with Gasteiger partial charge in [-0.2, -0.15) is 0 Å². The molecule has 0 spiro atoms. The zero-order valence-electron chi connectivity index (χ0n) is 5.63. The lowest BCUT2D eigenvalue weighted by molar-refractivity contribution is 0.142. The van der Waals surface area contributed by atoms with Crippen molar-refractivity contribution in [2.45, 2.75) is 13.3 Å². The van der Waals surface area contributed by atoms with Crippen LogP contribution in [0.1, 0.15) is 13.3 Å². The van der Waals surface area contributed by atoms with Crippen molar-refractivity contribution in [2.75, 3.05) is 19.8 Å². The lowest BCUT2D eigenvalue weighted by Crippen LogP contribution is -2.08. The first-order valence-corrected chi connectivity index (χ1v) is 2.69. The Labute approximate surface area is 69.0 Å². The van der Waals surface area contributed by atoms with Crippen molar-refractivity contribution in [3.05, 3.63) is 0 Å². The molecular weight excluding hydrogens is 161 g/mol. The quantitative estimate of drug-likeness (QED) is 0.653. The topological polar surface area (TPSA) is 35.2 Å². The molecule has 0 unspecified atom stereocenters. The molecule has 0 saturated heterocycles. The fourth-order valence-corrected chi connectivity index (χ4v) is 0.330. The van der Waals surface area contributed by atoms with Gasteiger partial charge in [0.05, 0.1) is 6.61 Å². The molecule has 9 heavy (non-hydrogen) atoms. The van der Waals surface area contributed by atoms with Gasteiger partial charge in [0.1, 0.15) is 0 Å². The molecule has 0 aliphatic heterocycles. The van der Waals surface area contributed by atoms with E-state index >= 15 is 0 Å². The molecule has 0 heterocycles. The minimum atomic E-state index is 0. The van der Waals surface area contributed by atoms with Gasteiger partial charge in [-0.1, -0.05) is 6.92 Å². The number of halogens is 2. The molecule has 0 aliphatic carbocycles. The van der Waals surface area contributed by atoms with E-state index in [0.717, 1.165) is 13.0 Å². The van der Waals surface area contributed by atoms with E-state index < -0.39 is 0 Å².